The first-order chi connectivity index (χ1) is 10.4. The zero-order valence-corrected chi connectivity index (χ0v) is 12.4. The summed E-state index contributed by atoms with van der Waals surface area (Å²) in [6, 6.07) is 3.72. The molecule has 0 unspecified atom stereocenters. The normalized spacial score (nSPS) is 21.1. The highest BCUT2D eigenvalue weighted by atomic mass is 35.5. The molecule has 0 spiro atoms. The molecule has 1 aromatic carbocycles. The van der Waals surface area contributed by atoms with Crippen LogP contribution in [-0.4, -0.2) is 21.9 Å². The van der Waals surface area contributed by atoms with Crippen LogP contribution in [0.5, 0.6) is 0 Å². The van der Waals surface area contributed by atoms with Crippen molar-refractivity contribution in [2.24, 2.45) is 11.8 Å². The number of hydrogen-bond acceptors (Lipinski definition) is 4. The predicted molar refractivity (Wildman–Crippen MR) is 79.8 cm³/mol. The number of carbonyl (C=O) groups excluding carboxylic acids is 1. The Bertz CT molecular complexity index is 619. The summed E-state index contributed by atoms with van der Waals surface area (Å²) in [6.07, 6.45) is 2.57. The van der Waals surface area contributed by atoms with Crippen molar-refractivity contribution >= 4 is 34.9 Å². The number of benzene rings is 1. The highest BCUT2D eigenvalue weighted by molar-refractivity contribution is 6.34. The molecule has 1 aliphatic carbocycles. The molecular weight excluding hydrogens is 312 g/mol. The fourth-order valence-corrected chi connectivity index (χ4v) is 2.91. The minimum Gasteiger partial charge on any atom is -0.481 e. The summed E-state index contributed by atoms with van der Waals surface area (Å²) in [5, 5.41) is 22.5. The van der Waals surface area contributed by atoms with Crippen LogP contribution >= 0.6 is 11.6 Å². The molecule has 0 heterocycles. The van der Waals surface area contributed by atoms with Crippen molar-refractivity contribution in [3.63, 3.8) is 0 Å². The van der Waals surface area contributed by atoms with Crippen molar-refractivity contribution in [3.8, 4) is 0 Å². The van der Waals surface area contributed by atoms with E-state index in [0.29, 0.717) is 12.8 Å². The summed E-state index contributed by atoms with van der Waals surface area (Å²) >= 11 is 5.92. The number of nitro benzene ring substituents is 1. The smallest absolute Gasteiger partial charge is 0.307 e. The number of halogens is 1. The van der Waals surface area contributed by atoms with E-state index >= 15 is 0 Å². The fraction of sp³-hybridized carbons (Fsp3) is 0.429. The van der Waals surface area contributed by atoms with E-state index in [1.165, 1.54) is 12.1 Å². The van der Waals surface area contributed by atoms with Gasteiger partial charge in [0.05, 0.1) is 27.5 Å². The average molecular weight is 327 g/mol. The number of hydrogen-bond donors (Lipinski definition) is 2. The number of non-ortho nitro benzene ring substituents is 1. The highest BCUT2D eigenvalue weighted by Crippen LogP contribution is 2.33. The fourth-order valence-electron chi connectivity index (χ4n) is 2.68. The average Bonchev–Trinajstić information content (AvgIpc) is 2.48. The van der Waals surface area contributed by atoms with Gasteiger partial charge < -0.3 is 10.4 Å². The van der Waals surface area contributed by atoms with Gasteiger partial charge in [-0.2, -0.15) is 0 Å². The summed E-state index contributed by atoms with van der Waals surface area (Å²) in [5.74, 6) is -2.71. The largest absolute Gasteiger partial charge is 0.481 e. The van der Waals surface area contributed by atoms with E-state index in [0.717, 1.165) is 18.9 Å². The van der Waals surface area contributed by atoms with Crippen molar-refractivity contribution in [3.05, 3.63) is 33.3 Å². The van der Waals surface area contributed by atoms with Crippen LogP contribution in [0.4, 0.5) is 11.4 Å². The minimum atomic E-state index is -0.977. The molecule has 22 heavy (non-hydrogen) atoms. The van der Waals surface area contributed by atoms with Gasteiger partial charge in [0.2, 0.25) is 5.91 Å². The van der Waals surface area contributed by atoms with E-state index in [4.69, 9.17) is 11.6 Å². The highest BCUT2D eigenvalue weighted by Gasteiger charge is 2.35. The first-order valence-electron chi connectivity index (χ1n) is 6.87. The molecule has 0 bridgehead atoms. The van der Waals surface area contributed by atoms with E-state index < -0.39 is 28.6 Å². The molecule has 1 aromatic rings. The number of nitrogens with one attached hydrogen (secondary N) is 1. The van der Waals surface area contributed by atoms with Crippen LogP contribution < -0.4 is 5.32 Å². The number of nitrogens with zero attached hydrogens (tertiary/aromatic N) is 1. The van der Waals surface area contributed by atoms with E-state index in [2.05, 4.69) is 5.32 Å². The third kappa shape index (κ3) is 3.54. The lowest BCUT2D eigenvalue weighted by Gasteiger charge is -2.27. The van der Waals surface area contributed by atoms with Gasteiger partial charge in [-0.15, -0.1) is 0 Å². The van der Waals surface area contributed by atoms with Crippen molar-refractivity contribution < 1.29 is 19.6 Å². The summed E-state index contributed by atoms with van der Waals surface area (Å²) < 4.78 is 0. The number of carboxylic acids is 1. The Hall–Kier alpha value is -2.15. The monoisotopic (exact) mass is 326 g/mol. The second-order valence-corrected chi connectivity index (χ2v) is 5.65. The molecular formula is C14H15ClN2O5. The maximum absolute atomic E-state index is 12.3. The zero-order chi connectivity index (χ0) is 16.3. The summed E-state index contributed by atoms with van der Waals surface area (Å²) in [4.78, 5) is 33.6. The lowest BCUT2D eigenvalue weighted by Crippen LogP contribution is -2.36. The molecule has 1 amide bonds. The summed E-state index contributed by atoms with van der Waals surface area (Å²) in [6.45, 7) is 0. The molecule has 0 aromatic heterocycles. The van der Waals surface area contributed by atoms with Gasteiger partial charge in [-0.25, -0.2) is 0 Å². The Labute approximate surface area is 131 Å². The molecule has 1 saturated carbocycles. The number of carboxylic acid groups (broad SMARTS) is 1. The lowest BCUT2D eigenvalue weighted by molar-refractivity contribution is -0.384. The van der Waals surface area contributed by atoms with Crippen LogP contribution in [0.15, 0.2) is 18.2 Å². The lowest BCUT2D eigenvalue weighted by atomic mass is 9.78. The Kier molecular flexibility index (Phi) is 4.97. The van der Waals surface area contributed by atoms with Crippen LogP contribution in [0, 0.1) is 22.0 Å². The zero-order valence-electron chi connectivity index (χ0n) is 11.6. The van der Waals surface area contributed by atoms with E-state index in [9.17, 15) is 24.8 Å². The number of aliphatic carboxylic acids is 1. The molecule has 2 rings (SSSR count). The Morgan fingerprint density at radius 2 is 1.91 bits per heavy atom. The van der Waals surface area contributed by atoms with Gasteiger partial charge in [0, 0.05) is 12.1 Å². The summed E-state index contributed by atoms with van der Waals surface area (Å²) in [7, 11) is 0. The minimum absolute atomic E-state index is 0.0465. The van der Waals surface area contributed by atoms with Crippen LogP contribution in [-0.2, 0) is 9.59 Å². The van der Waals surface area contributed by atoms with Gasteiger partial charge in [-0.3, -0.25) is 19.7 Å². The predicted octanol–water partition coefficient (Wildman–Crippen LogP) is 3.08. The quantitative estimate of drug-likeness (QED) is 0.652. The van der Waals surface area contributed by atoms with Crippen molar-refractivity contribution in [1.29, 1.82) is 0 Å². The van der Waals surface area contributed by atoms with Gasteiger partial charge in [0.25, 0.3) is 5.69 Å². The second kappa shape index (κ2) is 6.74. The Morgan fingerprint density at radius 3 is 2.45 bits per heavy atom. The molecule has 0 radical (unpaired) electrons. The van der Waals surface area contributed by atoms with E-state index in [1.807, 2.05) is 0 Å². The molecule has 118 valence electrons. The molecule has 2 atom stereocenters. The number of amides is 1. The molecule has 7 nitrogen and oxygen atoms in total. The van der Waals surface area contributed by atoms with Crippen molar-refractivity contribution in [2.45, 2.75) is 25.7 Å². The molecule has 8 heteroatoms. The maximum Gasteiger partial charge on any atom is 0.307 e. The Balaban J connectivity index is 2.14. The van der Waals surface area contributed by atoms with Crippen LogP contribution in [0.3, 0.4) is 0 Å². The third-order valence-electron chi connectivity index (χ3n) is 3.84. The van der Waals surface area contributed by atoms with Crippen molar-refractivity contribution in [1.82, 2.24) is 0 Å². The van der Waals surface area contributed by atoms with Crippen LogP contribution in [0.2, 0.25) is 5.02 Å². The van der Waals surface area contributed by atoms with Gasteiger partial charge in [-0.05, 0) is 18.9 Å². The second-order valence-electron chi connectivity index (χ2n) is 5.25. The van der Waals surface area contributed by atoms with E-state index in [1.54, 1.807) is 0 Å². The van der Waals surface area contributed by atoms with Crippen molar-refractivity contribution in [2.75, 3.05) is 5.32 Å². The number of rotatable bonds is 4. The maximum atomic E-state index is 12.3. The topological polar surface area (TPSA) is 110 Å². The van der Waals surface area contributed by atoms with Crippen LogP contribution in [0.1, 0.15) is 25.7 Å². The number of anilines is 1. The van der Waals surface area contributed by atoms with Gasteiger partial charge in [0.1, 0.15) is 0 Å². The number of carbonyl (C=O) groups is 2. The third-order valence-corrected chi connectivity index (χ3v) is 4.15. The standard InChI is InChI=1S/C14H15ClN2O5/c15-11-7-8(17(21)22)5-6-12(11)16-13(18)9-3-1-2-4-10(9)14(19)20/h5-7,9-10H,1-4H2,(H,16,18)(H,19,20)/t9-,10-/m0/s1. The molecule has 1 fully saturated rings. The van der Waals surface area contributed by atoms with E-state index in [-0.39, 0.29) is 16.4 Å². The Morgan fingerprint density at radius 1 is 1.27 bits per heavy atom. The van der Waals surface area contributed by atoms with Crippen LogP contribution in [0.25, 0.3) is 0 Å². The van der Waals surface area contributed by atoms with Gasteiger partial charge in [0.15, 0.2) is 0 Å². The molecule has 1 aliphatic rings. The number of nitro groups is 1. The molecule has 2 N–H and O–H groups in total. The first-order valence-corrected chi connectivity index (χ1v) is 7.25. The summed E-state index contributed by atoms with van der Waals surface area (Å²) in [5.41, 5.74) is 0.0658. The SMILES string of the molecule is O=C(O)[C@H]1CCCC[C@@H]1C(=O)Nc1ccc([N+](=O)[O-])cc1Cl. The molecule has 0 aliphatic heterocycles. The van der Waals surface area contributed by atoms with Gasteiger partial charge in [-0.1, -0.05) is 24.4 Å². The van der Waals surface area contributed by atoms with Gasteiger partial charge >= 0.3 is 5.97 Å². The molecule has 0 saturated heterocycles. The first kappa shape index (κ1) is 16.2.